The normalized spacial score (nSPS) is 22.8. The lowest BCUT2D eigenvalue weighted by Crippen LogP contribution is -2.45. The molecule has 6 heteroatoms. The van der Waals surface area contributed by atoms with E-state index in [9.17, 15) is 14.4 Å². The highest BCUT2D eigenvalue weighted by Gasteiger charge is 2.39. The van der Waals surface area contributed by atoms with Gasteiger partial charge in [0.1, 0.15) is 0 Å². The fraction of sp³-hybridized carbons (Fsp3) is 0.571. The number of benzene rings is 1. The van der Waals surface area contributed by atoms with Crippen molar-refractivity contribution < 1.29 is 19.1 Å². The molecule has 0 N–H and O–H groups in total. The van der Waals surface area contributed by atoms with E-state index in [-0.39, 0.29) is 36.0 Å². The third-order valence-electron chi connectivity index (χ3n) is 5.48. The monoisotopic (exact) mass is 372 g/mol. The minimum Gasteiger partial charge on any atom is -0.466 e. The number of likely N-dealkylation sites (tertiary alicyclic amines) is 1. The lowest BCUT2D eigenvalue weighted by atomic mass is 9.96. The first-order valence-electron chi connectivity index (χ1n) is 9.88. The third-order valence-corrected chi connectivity index (χ3v) is 5.48. The van der Waals surface area contributed by atoms with Crippen molar-refractivity contribution in [3.63, 3.8) is 0 Å². The summed E-state index contributed by atoms with van der Waals surface area (Å²) in [5.74, 6) is -0.863. The highest BCUT2D eigenvalue weighted by molar-refractivity contribution is 6.00. The van der Waals surface area contributed by atoms with Crippen molar-refractivity contribution in [2.75, 3.05) is 31.1 Å². The molecule has 2 atom stereocenters. The Hall–Kier alpha value is -2.37. The molecular weight excluding hydrogens is 344 g/mol. The predicted octanol–water partition coefficient (Wildman–Crippen LogP) is 2.40. The van der Waals surface area contributed by atoms with Crippen LogP contribution in [0.1, 0.15) is 38.7 Å². The second-order valence-electron chi connectivity index (χ2n) is 7.30. The number of esters is 1. The van der Waals surface area contributed by atoms with Crippen molar-refractivity contribution in [3.8, 4) is 0 Å². The molecule has 2 heterocycles. The first-order chi connectivity index (χ1) is 13.0. The standard InChI is InChI=1S/C21H28N2O4/c1-3-15-7-9-18(10-8-15)23-14-17(12-19(23)24)20(25)22-11-5-6-16(13-22)21(26)27-4-2/h7-10,16-17H,3-6,11-14H2,1-2H3/t16-,17-/m1/s1. The van der Waals surface area contributed by atoms with Gasteiger partial charge in [0.15, 0.2) is 0 Å². The molecule has 2 aliphatic rings. The summed E-state index contributed by atoms with van der Waals surface area (Å²) in [6.07, 6.45) is 2.72. The molecule has 0 aromatic heterocycles. The number of ether oxygens (including phenoxy) is 1. The minimum atomic E-state index is -0.343. The molecule has 146 valence electrons. The molecule has 3 rings (SSSR count). The van der Waals surface area contributed by atoms with E-state index in [1.165, 1.54) is 5.56 Å². The fourth-order valence-electron chi connectivity index (χ4n) is 3.92. The van der Waals surface area contributed by atoms with Gasteiger partial charge in [-0.3, -0.25) is 14.4 Å². The lowest BCUT2D eigenvalue weighted by Gasteiger charge is -2.33. The van der Waals surface area contributed by atoms with Crippen LogP contribution in [0.2, 0.25) is 0 Å². The number of carbonyl (C=O) groups is 3. The molecule has 6 nitrogen and oxygen atoms in total. The largest absolute Gasteiger partial charge is 0.466 e. The van der Waals surface area contributed by atoms with Crippen molar-refractivity contribution in [1.82, 2.24) is 4.90 Å². The quantitative estimate of drug-likeness (QED) is 0.745. The van der Waals surface area contributed by atoms with E-state index >= 15 is 0 Å². The summed E-state index contributed by atoms with van der Waals surface area (Å²) in [5.41, 5.74) is 2.06. The SMILES string of the molecule is CCOC(=O)[C@@H]1CCCN(C(=O)[C@@H]2CC(=O)N(c3ccc(CC)cc3)C2)C1. The Morgan fingerprint density at radius 1 is 1.11 bits per heavy atom. The van der Waals surface area contributed by atoms with E-state index in [2.05, 4.69) is 6.92 Å². The number of rotatable bonds is 5. The number of hydrogen-bond acceptors (Lipinski definition) is 4. The second kappa shape index (κ2) is 8.55. The molecule has 0 spiro atoms. The van der Waals surface area contributed by atoms with Crippen LogP contribution in [-0.2, 0) is 25.5 Å². The van der Waals surface area contributed by atoms with E-state index in [0.717, 1.165) is 24.9 Å². The van der Waals surface area contributed by atoms with E-state index < -0.39 is 0 Å². The van der Waals surface area contributed by atoms with Crippen molar-refractivity contribution in [2.45, 2.75) is 39.5 Å². The van der Waals surface area contributed by atoms with Crippen molar-refractivity contribution in [2.24, 2.45) is 11.8 Å². The highest BCUT2D eigenvalue weighted by Crippen LogP contribution is 2.28. The van der Waals surface area contributed by atoms with Gasteiger partial charge in [0, 0.05) is 31.7 Å². The first-order valence-corrected chi connectivity index (χ1v) is 9.88. The number of carbonyl (C=O) groups excluding carboxylic acids is 3. The Balaban J connectivity index is 1.63. The maximum atomic E-state index is 12.9. The summed E-state index contributed by atoms with van der Waals surface area (Å²) < 4.78 is 5.11. The second-order valence-corrected chi connectivity index (χ2v) is 7.30. The Morgan fingerprint density at radius 2 is 1.85 bits per heavy atom. The highest BCUT2D eigenvalue weighted by atomic mass is 16.5. The van der Waals surface area contributed by atoms with Gasteiger partial charge in [0.25, 0.3) is 0 Å². The van der Waals surface area contributed by atoms with E-state index in [4.69, 9.17) is 4.74 Å². The van der Waals surface area contributed by atoms with Crippen LogP contribution in [0.25, 0.3) is 0 Å². The van der Waals surface area contributed by atoms with E-state index in [0.29, 0.717) is 26.2 Å². The number of amides is 2. The van der Waals surface area contributed by atoms with E-state index in [1.54, 1.807) is 16.7 Å². The van der Waals surface area contributed by atoms with Crippen LogP contribution in [0.3, 0.4) is 0 Å². The average molecular weight is 372 g/mol. The van der Waals surface area contributed by atoms with Crippen LogP contribution in [0.15, 0.2) is 24.3 Å². The molecule has 2 fully saturated rings. The number of anilines is 1. The number of piperidine rings is 1. The maximum Gasteiger partial charge on any atom is 0.310 e. The minimum absolute atomic E-state index is 0.0171. The Bertz CT molecular complexity index is 701. The maximum absolute atomic E-state index is 12.9. The van der Waals surface area contributed by atoms with Crippen LogP contribution in [0.4, 0.5) is 5.69 Å². The predicted molar refractivity (Wildman–Crippen MR) is 102 cm³/mol. The topological polar surface area (TPSA) is 66.9 Å². The molecule has 0 bridgehead atoms. The molecular formula is C21H28N2O4. The molecule has 2 aliphatic heterocycles. The Morgan fingerprint density at radius 3 is 2.52 bits per heavy atom. The fourth-order valence-corrected chi connectivity index (χ4v) is 3.92. The summed E-state index contributed by atoms with van der Waals surface area (Å²) in [5, 5.41) is 0. The van der Waals surface area contributed by atoms with Gasteiger partial charge in [-0.2, -0.15) is 0 Å². The average Bonchev–Trinajstić information content (AvgIpc) is 3.09. The van der Waals surface area contributed by atoms with Crippen molar-refractivity contribution in [1.29, 1.82) is 0 Å². The van der Waals surface area contributed by atoms with Gasteiger partial charge >= 0.3 is 5.97 Å². The first kappa shape index (κ1) is 19.4. The van der Waals surface area contributed by atoms with Gasteiger partial charge in [0.05, 0.1) is 18.4 Å². The van der Waals surface area contributed by atoms with Gasteiger partial charge in [-0.05, 0) is 43.9 Å². The number of nitrogens with zero attached hydrogens (tertiary/aromatic N) is 2. The molecule has 2 amide bonds. The van der Waals surface area contributed by atoms with Gasteiger partial charge in [-0.15, -0.1) is 0 Å². The van der Waals surface area contributed by atoms with Crippen LogP contribution in [0, 0.1) is 11.8 Å². The van der Waals surface area contributed by atoms with Gasteiger partial charge in [0.2, 0.25) is 11.8 Å². The van der Waals surface area contributed by atoms with Crippen LogP contribution in [0.5, 0.6) is 0 Å². The van der Waals surface area contributed by atoms with Gasteiger partial charge < -0.3 is 14.5 Å². The summed E-state index contributed by atoms with van der Waals surface area (Å²) >= 11 is 0. The van der Waals surface area contributed by atoms with Gasteiger partial charge in [-0.1, -0.05) is 19.1 Å². The molecule has 0 saturated carbocycles. The summed E-state index contributed by atoms with van der Waals surface area (Å²) in [6, 6.07) is 7.93. The zero-order valence-corrected chi connectivity index (χ0v) is 16.1. The van der Waals surface area contributed by atoms with Crippen molar-refractivity contribution >= 4 is 23.5 Å². The molecule has 2 saturated heterocycles. The lowest BCUT2D eigenvalue weighted by molar-refractivity contribution is -0.152. The summed E-state index contributed by atoms with van der Waals surface area (Å²) in [4.78, 5) is 40.9. The molecule has 1 aromatic rings. The van der Waals surface area contributed by atoms with Crippen LogP contribution in [-0.4, -0.2) is 48.9 Å². The van der Waals surface area contributed by atoms with Gasteiger partial charge in [-0.25, -0.2) is 0 Å². The zero-order chi connectivity index (χ0) is 19.4. The molecule has 0 aliphatic carbocycles. The Kier molecular flexibility index (Phi) is 6.14. The van der Waals surface area contributed by atoms with Crippen molar-refractivity contribution in [3.05, 3.63) is 29.8 Å². The molecule has 27 heavy (non-hydrogen) atoms. The summed E-state index contributed by atoms with van der Waals surface area (Å²) in [7, 11) is 0. The molecule has 1 aromatic carbocycles. The van der Waals surface area contributed by atoms with Crippen LogP contribution < -0.4 is 4.90 Å². The number of hydrogen-bond donors (Lipinski definition) is 0. The Labute approximate surface area is 160 Å². The van der Waals surface area contributed by atoms with E-state index in [1.807, 2.05) is 24.3 Å². The smallest absolute Gasteiger partial charge is 0.310 e. The molecule has 0 radical (unpaired) electrons. The zero-order valence-electron chi connectivity index (χ0n) is 16.1. The molecule has 0 unspecified atom stereocenters. The summed E-state index contributed by atoms with van der Waals surface area (Å²) in [6.45, 7) is 5.68. The third kappa shape index (κ3) is 4.31. The number of aryl methyl sites for hydroxylation is 1. The van der Waals surface area contributed by atoms with Crippen LogP contribution >= 0.6 is 0 Å².